The number of phenols is 3. The van der Waals surface area contributed by atoms with Gasteiger partial charge in [0.1, 0.15) is 0 Å². The molecule has 0 aromatic heterocycles. The van der Waals surface area contributed by atoms with Crippen LogP contribution in [0.2, 0.25) is 15.1 Å². The van der Waals surface area contributed by atoms with E-state index in [0.717, 1.165) is 42.5 Å². The molecule has 21 heteroatoms. The van der Waals surface area contributed by atoms with Crippen molar-refractivity contribution in [3.8, 4) is 17.2 Å². The number of urea groups is 3. The van der Waals surface area contributed by atoms with E-state index in [4.69, 9.17) is 34.8 Å². The average Bonchev–Trinajstić information content (AvgIpc) is 3.18. The summed E-state index contributed by atoms with van der Waals surface area (Å²) in [6.07, 6.45) is -4.46. The van der Waals surface area contributed by atoms with Gasteiger partial charge in [0.25, 0.3) is 0 Å². The Morgan fingerprint density at radius 2 is 0.754 bits per heavy atom. The number of alkyl halides is 3. The fourth-order valence-corrected chi connectivity index (χ4v) is 5.26. The van der Waals surface area contributed by atoms with Gasteiger partial charge in [-0.05, 0) is 103 Å². The lowest BCUT2D eigenvalue weighted by Crippen LogP contribution is -2.19. The highest BCUT2D eigenvalue weighted by Gasteiger charge is 2.30. The van der Waals surface area contributed by atoms with Crippen LogP contribution in [-0.2, 0) is 6.18 Å². The van der Waals surface area contributed by atoms with Gasteiger partial charge >= 0.3 is 24.3 Å². The predicted molar refractivity (Wildman–Crippen MR) is 221 cm³/mol. The third-order valence-electron chi connectivity index (χ3n) is 7.40. The van der Waals surface area contributed by atoms with Crippen LogP contribution in [0.5, 0.6) is 17.2 Å². The maximum absolute atomic E-state index is 13.1. The topological polar surface area (TPSA) is 184 Å². The Labute approximate surface area is 356 Å². The molecule has 9 N–H and O–H groups in total. The molecule has 318 valence electrons. The number of hydrogen-bond acceptors (Lipinski definition) is 6. The van der Waals surface area contributed by atoms with Crippen molar-refractivity contribution < 1.29 is 56.0 Å². The van der Waals surface area contributed by atoms with Crippen molar-refractivity contribution in [2.45, 2.75) is 6.18 Å². The number of hydrogen-bond donors (Lipinski definition) is 9. The molecule has 61 heavy (non-hydrogen) atoms. The SMILES string of the molecule is O=C(Nc1cc(Cl)cc(Cl)c1)Nc1cccc(F)c1O.O=C(Nc1ccc(C(F)(F)F)cc1)Nc1cccc(F)c1O.O=C(Nc1ccc(Cl)cc1)Nc1cccc(F)c1O. The van der Waals surface area contributed by atoms with Crippen LogP contribution in [0.3, 0.4) is 0 Å². The second-order valence-electron chi connectivity index (χ2n) is 11.9. The quantitative estimate of drug-likeness (QED) is 0.0591. The lowest BCUT2D eigenvalue weighted by Gasteiger charge is -2.10. The Balaban J connectivity index is 0.000000202. The van der Waals surface area contributed by atoms with Crippen molar-refractivity contribution in [1.29, 1.82) is 0 Å². The standard InChI is InChI=1S/C14H10F4N2O2.C13H9Cl2FN2O2.C13H10ClFN2O2/c15-10-2-1-3-11(12(10)21)20-13(22)19-9-6-4-8(5-7-9)14(16,17)18;14-7-4-8(15)6-9(5-7)17-13(20)18-11-3-1-2-10(16)12(11)19;14-8-4-6-9(7-5-8)16-13(19)17-11-3-1-2-10(15)12(11)18/h1-7,21H,(H2,19,20,22);1-6,19H,(H2,17,18,20);1-7,18H,(H2,16,17,19). The normalized spacial score (nSPS) is 10.4. The van der Waals surface area contributed by atoms with Crippen LogP contribution in [0.4, 0.5) is 74.9 Å². The van der Waals surface area contributed by atoms with Crippen LogP contribution < -0.4 is 31.9 Å². The number of phenolic OH excluding ortho intramolecular Hbond substituents is 3. The average molecular weight is 910 g/mol. The fourth-order valence-electron chi connectivity index (χ4n) is 4.60. The molecule has 0 fully saturated rings. The van der Waals surface area contributed by atoms with E-state index in [1.54, 1.807) is 24.3 Å². The number of rotatable bonds is 6. The third-order valence-corrected chi connectivity index (χ3v) is 8.09. The smallest absolute Gasteiger partial charge is 0.416 e. The maximum atomic E-state index is 13.1. The Morgan fingerprint density at radius 3 is 1.10 bits per heavy atom. The summed E-state index contributed by atoms with van der Waals surface area (Å²) in [5, 5.41) is 43.6. The number of amides is 6. The number of para-hydroxylation sites is 3. The molecule has 0 aliphatic carbocycles. The summed E-state index contributed by atoms with van der Waals surface area (Å²) in [5.74, 6) is -4.50. The first-order valence-corrected chi connectivity index (χ1v) is 18.0. The van der Waals surface area contributed by atoms with E-state index in [0.29, 0.717) is 26.4 Å². The Morgan fingerprint density at radius 1 is 0.426 bits per heavy atom. The maximum Gasteiger partial charge on any atom is 0.416 e. The Bertz CT molecular complexity index is 2480. The minimum Gasteiger partial charge on any atom is -0.503 e. The number of anilines is 6. The molecule has 12 nitrogen and oxygen atoms in total. The first-order valence-electron chi connectivity index (χ1n) is 16.8. The summed E-state index contributed by atoms with van der Waals surface area (Å²) in [5.41, 5.74) is -0.0530. The van der Waals surface area contributed by atoms with Gasteiger partial charge in [0.2, 0.25) is 0 Å². The van der Waals surface area contributed by atoms with Crippen molar-refractivity contribution in [3.05, 3.63) is 159 Å². The summed E-state index contributed by atoms with van der Waals surface area (Å²) >= 11 is 17.3. The molecule has 0 radical (unpaired) electrons. The molecule has 0 aliphatic heterocycles. The van der Waals surface area contributed by atoms with Gasteiger partial charge < -0.3 is 47.2 Å². The van der Waals surface area contributed by atoms with E-state index >= 15 is 0 Å². The van der Waals surface area contributed by atoms with Gasteiger partial charge in [-0.25, -0.2) is 27.6 Å². The molecule has 6 rings (SSSR count). The van der Waals surface area contributed by atoms with Crippen LogP contribution in [0.25, 0.3) is 0 Å². The summed E-state index contributed by atoms with van der Waals surface area (Å²) < 4.78 is 76.4. The van der Waals surface area contributed by atoms with Gasteiger partial charge in [-0.15, -0.1) is 0 Å². The number of carbonyl (C=O) groups excluding carboxylic acids is 3. The Kier molecular flexibility index (Phi) is 16.3. The van der Waals surface area contributed by atoms with Gasteiger partial charge in [-0.3, -0.25) is 0 Å². The van der Waals surface area contributed by atoms with Gasteiger partial charge in [-0.2, -0.15) is 13.2 Å². The molecule has 0 saturated heterocycles. The summed E-state index contributed by atoms with van der Waals surface area (Å²) in [4.78, 5) is 35.0. The third kappa shape index (κ3) is 14.6. The van der Waals surface area contributed by atoms with Crippen LogP contribution >= 0.6 is 34.8 Å². The molecular formula is C40H29Cl3F6N6O6. The minimum absolute atomic E-state index is 0.00790. The van der Waals surface area contributed by atoms with Gasteiger partial charge in [0.05, 0.1) is 22.6 Å². The van der Waals surface area contributed by atoms with Gasteiger partial charge in [0.15, 0.2) is 34.7 Å². The number of benzene rings is 6. The lowest BCUT2D eigenvalue weighted by molar-refractivity contribution is -0.137. The van der Waals surface area contributed by atoms with Gasteiger partial charge in [-0.1, -0.05) is 53.0 Å². The van der Waals surface area contributed by atoms with Gasteiger partial charge in [0, 0.05) is 32.1 Å². The minimum atomic E-state index is -4.46. The number of aromatic hydroxyl groups is 3. The summed E-state index contributed by atoms with van der Waals surface area (Å²) in [6, 6.07) is 23.9. The van der Waals surface area contributed by atoms with E-state index in [2.05, 4.69) is 31.9 Å². The fraction of sp³-hybridized carbons (Fsp3) is 0.0250. The second-order valence-corrected chi connectivity index (χ2v) is 13.2. The predicted octanol–water partition coefficient (Wildman–Crippen LogP) is 12.5. The number of halogens is 9. The van der Waals surface area contributed by atoms with Crippen LogP contribution in [0.1, 0.15) is 5.56 Å². The Hall–Kier alpha value is -7.02. The highest BCUT2D eigenvalue weighted by molar-refractivity contribution is 6.35. The summed E-state index contributed by atoms with van der Waals surface area (Å²) in [6.45, 7) is 0. The molecular weight excluding hydrogens is 881 g/mol. The van der Waals surface area contributed by atoms with Crippen molar-refractivity contribution in [2.24, 2.45) is 0 Å². The monoisotopic (exact) mass is 908 g/mol. The van der Waals surface area contributed by atoms with E-state index < -0.39 is 64.5 Å². The van der Waals surface area contributed by atoms with Crippen molar-refractivity contribution in [2.75, 3.05) is 31.9 Å². The first-order chi connectivity index (χ1) is 28.8. The van der Waals surface area contributed by atoms with E-state index in [1.807, 2.05) is 0 Å². The zero-order valence-corrected chi connectivity index (χ0v) is 32.8. The largest absolute Gasteiger partial charge is 0.503 e. The number of nitrogens with one attached hydrogen (secondary N) is 6. The zero-order chi connectivity index (χ0) is 44.9. The van der Waals surface area contributed by atoms with E-state index in [1.165, 1.54) is 54.6 Å². The molecule has 6 aromatic carbocycles. The second kappa shape index (κ2) is 21.3. The van der Waals surface area contributed by atoms with Crippen LogP contribution in [0, 0.1) is 17.5 Å². The molecule has 0 saturated carbocycles. The molecule has 0 aliphatic rings. The van der Waals surface area contributed by atoms with E-state index in [9.17, 15) is 56.0 Å². The zero-order valence-electron chi connectivity index (χ0n) is 30.5. The molecule has 0 bridgehead atoms. The first kappa shape index (κ1) is 46.7. The summed E-state index contributed by atoms with van der Waals surface area (Å²) in [7, 11) is 0. The van der Waals surface area contributed by atoms with Crippen LogP contribution in [-0.4, -0.2) is 33.4 Å². The molecule has 0 unspecified atom stereocenters. The molecule has 0 spiro atoms. The molecule has 6 aromatic rings. The van der Waals surface area contributed by atoms with Crippen LogP contribution in [0.15, 0.2) is 121 Å². The highest BCUT2D eigenvalue weighted by atomic mass is 35.5. The van der Waals surface area contributed by atoms with Crippen molar-refractivity contribution in [3.63, 3.8) is 0 Å². The molecule has 0 heterocycles. The lowest BCUT2D eigenvalue weighted by atomic mass is 10.2. The van der Waals surface area contributed by atoms with E-state index in [-0.39, 0.29) is 22.7 Å². The van der Waals surface area contributed by atoms with Crippen molar-refractivity contribution >= 4 is 87.0 Å². The molecule has 6 amide bonds. The number of carbonyl (C=O) groups is 3. The van der Waals surface area contributed by atoms with Crippen molar-refractivity contribution in [1.82, 2.24) is 0 Å². The highest BCUT2D eigenvalue weighted by Crippen LogP contribution is 2.31. The molecule has 0 atom stereocenters.